The van der Waals surface area contributed by atoms with Crippen LogP contribution in [0.2, 0.25) is 0 Å². The van der Waals surface area contributed by atoms with E-state index in [0.29, 0.717) is 31.7 Å². The zero-order valence-corrected chi connectivity index (χ0v) is 20.2. The molecule has 2 heterocycles. The molecule has 2 aromatic carbocycles. The smallest absolute Gasteiger partial charge is 0.331 e. The molecule has 0 aliphatic carbocycles. The van der Waals surface area contributed by atoms with Crippen LogP contribution < -0.4 is 27.2 Å². The number of nitrogens with two attached hydrogens (primary N) is 1. The van der Waals surface area contributed by atoms with Gasteiger partial charge in [0.1, 0.15) is 17.3 Å². The second kappa shape index (κ2) is 11.2. The number of nitrogens with one attached hydrogen (secondary N) is 1. The number of piperazine rings is 1. The fourth-order valence-corrected chi connectivity index (χ4v) is 4.72. The number of aromatic nitrogens is 2. The average Bonchev–Trinajstić information content (AvgIpc) is 2.87. The molecule has 2 atom stereocenters. The van der Waals surface area contributed by atoms with Gasteiger partial charge in [-0.2, -0.15) is 0 Å². The minimum absolute atomic E-state index is 0.00723. The molecule has 1 unspecified atom stereocenters. The molecule has 8 nitrogen and oxygen atoms in total. The summed E-state index contributed by atoms with van der Waals surface area (Å²) in [4.78, 5) is 29.1. The highest BCUT2D eigenvalue weighted by Gasteiger charge is 2.27. The standard InChI is InChI=1S/C26H31F2N5O3/c1-17-24(31-12-11-30-19(14-31)10-13-34)25(35)33(16-23(29)18-6-3-2-4-7-18)26(36)32(17)15-20-21(27)8-5-9-22(20)28/h2-9,19,23,30,34H,10-16,29H2,1H3/t19?,23-/m1/s1. The third kappa shape index (κ3) is 5.25. The number of hydrogen-bond donors (Lipinski definition) is 3. The quantitative estimate of drug-likeness (QED) is 0.434. The summed E-state index contributed by atoms with van der Waals surface area (Å²) in [5.74, 6) is -1.54. The van der Waals surface area contributed by atoms with Crippen LogP contribution in [0.15, 0.2) is 58.1 Å². The SMILES string of the molecule is Cc1c(N2CCNC(CCO)C2)c(=O)n(C[C@@H](N)c2ccccc2)c(=O)n1Cc1c(F)cccc1F. The first kappa shape index (κ1) is 25.7. The van der Waals surface area contributed by atoms with Gasteiger partial charge in [-0.15, -0.1) is 0 Å². The maximum Gasteiger partial charge on any atom is 0.331 e. The van der Waals surface area contributed by atoms with Crippen LogP contribution in [0.3, 0.4) is 0 Å². The fraction of sp³-hybridized carbons (Fsp3) is 0.385. The maximum atomic E-state index is 14.5. The summed E-state index contributed by atoms with van der Waals surface area (Å²) in [7, 11) is 0. The summed E-state index contributed by atoms with van der Waals surface area (Å²) in [6, 6.07) is 11.9. The Morgan fingerprint density at radius 3 is 2.44 bits per heavy atom. The number of rotatable bonds is 8. The van der Waals surface area contributed by atoms with Crippen LogP contribution in [-0.2, 0) is 13.1 Å². The molecule has 0 bridgehead atoms. The van der Waals surface area contributed by atoms with Gasteiger partial charge in [0.15, 0.2) is 0 Å². The topological polar surface area (TPSA) is 106 Å². The lowest BCUT2D eigenvalue weighted by atomic mass is 10.1. The van der Waals surface area contributed by atoms with Crippen LogP contribution in [0.25, 0.3) is 0 Å². The second-order valence-electron chi connectivity index (χ2n) is 9.05. The lowest BCUT2D eigenvalue weighted by Gasteiger charge is -2.36. The normalized spacial score (nSPS) is 16.8. The summed E-state index contributed by atoms with van der Waals surface area (Å²) < 4.78 is 31.3. The van der Waals surface area contributed by atoms with Gasteiger partial charge >= 0.3 is 5.69 Å². The predicted molar refractivity (Wildman–Crippen MR) is 134 cm³/mol. The molecular formula is C26H31F2N5O3. The van der Waals surface area contributed by atoms with E-state index in [9.17, 15) is 23.5 Å². The molecule has 10 heteroatoms. The highest BCUT2D eigenvalue weighted by atomic mass is 19.1. The molecule has 1 aromatic heterocycles. The Labute approximate surface area is 207 Å². The van der Waals surface area contributed by atoms with Gasteiger partial charge in [0, 0.05) is 49.6 Å². The minimum atomic E-state index is -0.772. The Kier molecular flexibility index (Phi) is 7.97. The van der Waals surface area contributed by atoms with Crippen LogP contribution in [0.4, 0.5) is 14.5 Å². The van der Waals surface area contributed by atoms with E-state index < -0.39 is 28.9 Å². The number of aliphatic hydroxyl groups is 1. The monoisotopic (exact) mass is 499 g/mol. The van der Waals surface area contributed by atoms with Crippen LogP contribution >= 0.6 is 0 Å². The number of halogens is 2. The molecule has 1 aliphatic heterocycles. The molecule has 36 heavy (non-hydrogen) atoms. The molecule has 1 aliphatic rings. The highest BCUT2D eigenvalue weighted by molar-refractivity contribution is 5.50. The first-order valence-electron chi connectivity index (χ1n) is 12.0. The van der Waals surface area contributed by atoms with E-state index in [1.807, 2.05) is 35.2 Å². The van der Waals surface area contributed by atoms with E-state index in [2.05, 4.69) is 5.32 Å². The number of aliphatic hydroxyl groups excluding tert-OH is 1. The Balaban J connectivity index is 1.84. The van der Waals surface area contributed by atoms with Crippen molar-refractivity contribution in [2.24, 2.45) is 5.73 Å². The number of nitrogens with zero attached hydrogens (tertiary/aromatic N) is 3. The molecule has 0 radical (unpaired) electrons. The van der Waals surface area contributed by atoms with Crippen molar-refractivity contribution in [3.05, 3.63) is 97.8 Å². The van der Waals surface area contributed by atoms with Crippen LogP contribution in [0.1, 0.15) is 29.3 Å². The van der Waals surface area contributed by atoms with Gasteiger partial charge < -0.3 is 21.1 Å². The summed E-state index contributed by atoms with van der Waals surface area (Å²) >= 11 is 0. The van der Waals surface area contributed by atoms with Crippen molar-refractivity contribution in [3.8, 4) is 0 Å². The molecule has 4 rings (SSSR count). The molecule has 192 valence electrons. The maximum absolute atomic E-state index is 14.5. The number of hydrogen-bond acceptors (Lipinski definition) is 6. The Morgan fingerprint density at radius 1 is 1.08 bits per heavy atom. The van der Waals surface area contributed by atoms with E-state index in [1.165, 1.54) is 10.6 Å². The third-order valence-electron chi connectivity index (χ3n) is 6.69. The zero-order chi connectivity index (χ0) is 25.8. The summed E-state index contributed by atoms with van der Waals surface area (Å²) in [5.41, 5.74) is 6.28. The molecule has 0 spiro atoms. The first-order valence-corrected chi connectivity index (χ1v) is 12.0. The van der Waals surface area contributed by atoms with Crippen LogP contribution in [0, 0.1) is 18.6 Å². The van der Waals surface area contributed by atoms with E-state index in [1.54, 1.807) is 6.92 Å². The third-order valence-corrected chi connectivity index (χ3v) is 6.69. The van der Waals surface area contributed by atoms with Gasteiger partial charge in [-0.05, 0) is 31.0 Å². The van der Waals surface area contributed by atoms with Crippen molar-refractivity contribution in [1.29, 1.82) is 0 Å². The van der Waals surface area contributed by atoms with E-state index in [4.69, 9.17) is 5.73 Å². The Bertz CT molecular complexity index is 1300. The van der Waals surface area contributed by atoms with Gasteiger partial charge in [-0.25, -0.2) is 13.6 Å². The van der Waals surface area contributed by atoms with Crippen molar-refractivity contribution in [3.63, 3.8) is 0 Å². The van der Waals surface area contributed by atoms with Crippen LogP contribution in [0.5, 0.6) is 0 Å². The fourth-order valence-electron chi connectivity index (χ4n) is 4.72. The zero-order valence-electron chi connectivity index (χ0n) is 20.2. The summed E-state index contributed by atoms with van der Waals surface area (Å²) in [6.07, 6.45) is 0.503. The molecule has 0 saturated carbocycles. The van der Waals surface area contributed by atoms with Crippen LogP contribution in [-0.4, -0.2) is 46.5 Å². The van der Waals surface area contributed by atoms with Crippen molar-refractivity contribution in [2.45, 2.75) is 38.5 Å². The number of anilines is 1. The minimum Gasteiger partial charge on any atom is -0.396 e. The molecule has 1 fully saturated rings. The molecule has 1 saturated heterocycles. The second-order valence-corrected chi connectivity index (χ2v) is 9.05. The largest absolute Gasteiger partial charge is 0.396 e. The highest BCUT2D eigenvalue weighted by Crippen LogP contribution is 2.20. The van der Waals surface area contributed by atoms with Crippen molar-refractivity contribution >= 4 is 5.69 Å². The van der Waals surface area contributed by atoms with E-state index in [0.717, 1.165) is 22.3 Å². The van der Waals surface area contributed by atoms with Gasteiger partial charge in [-0.1, -0.05) is 36.4 Å². The van der Waals surface area contributed by atoms with Crippen molar-refractivity contribution < 1.29 is 13.9 Å². The number of benzene rings is 2. The van der Waals surface area contributed by atoms with Crippen molar-refractivity contribution in [2.75, 3.05) is 31.1 Å². The average molecular weight is 500 g/mol. The van der Waals surface area contributed by atoms with E-state index >= 15 is 0 Å². The summed E-state index contributed by atoms with van der Waals surface area (Å²) in [6.45, 7) is 2.65. The first-order chi connectivity index (χ1) is 17.3. The molecule has 0 amide bonds. The molecule has 3 aromatic rings. The summed E-state index contributed by atoms with van der Waals surface area (Å²) in [5, 5.41) is 12.7. The van der Waals surface area contributed by atoms with Crippen molar-refractivity contribution in [1.82, 2.24) is 14.5 Å². The Morgan fingerprint density at radius 2 is 1.78 bits per heavy atom. The predicted octanol–water partition coefficient (Wildman–Crippen LogP) is 1.51. The van der Waals surface area contributed by atoms with Gasteiger partial charge in [-0.3, -0.25) is 13.9 Å². The Hall–Kier alpha value is -3.34. The molecular weight excluding hydrogens is 468 g/mol. The lowest BCUT2D eigenvalue weighted by Crippen LogP contribution is -2.54. The van der Waals surface area contributed by atoms with Gasteiger partial charge in [0.05, 0.1) is 13.1 Å². The lowest BCUT2D eigenvalue weighted by molar-refractivity contribution is 0.260. The molecule has 4 N–H and O–H groups in total. The van der Waals surface area contributed by atoms with E-state index in [-0.39, 0.29) is 37.0 Å². The van der Waals surface area contributed by atoms with Gasteiger partial charge in [0.2, 0.25) is 0 Å². The van der Waals surface area contributed by atoms with Gasteiger partial charge in [0.25, 0.3) is 5.56 Å².